The van der Waals surface area contributed by atoms with E-state index in [0.717, 1.165) is 16.1 Å². The van der Waals surface area contributed by atoms with Crippen molar-refractivity contribution < 1.29 is 14.3 Å². The fourth-order valence-electron chi connectivity index (χ4n) is 3.11. The standard InChI is InChI=1S/C21H23N3O3S/c1-13-15(3)28-19(24-11-7-8-12-24)18(13)14(2)22-21(26)23-17-10-6-5-9-16(17)20(25)27-4/h5-12,14H,1-4H3,(H2,22,23,26)/t14-/m1/s1. The second-order valence-electron chi connectivity index (χ2n) is 6.45. The van der Waals surface area contributed by atoms with Gasteiger partial charge in [0.05, 0.1) is 24.4 Å². The summed E-state index contributed by atoms with van der Waals surface area (Å²) in [5, 5.41) is 6.82. The molecule has 7 heteroatoms. The van der Waals surface area contributed by atoms with Crippen LogP contribution in [0.5, 0.6) is 0 Å². The lowest BCUT2D eigenvalue weighted by atomic mass is 10.1. The third-order valence-corrected chi connectivity index (χ3v) is 5.85. The number of hydrogen-bond acceptors (Lipinski definition) is 4. The molecule has 1 aromatic carbocycles. The summed E-state index contributed by atoms with van der Waals surface area (Å²) in [6, 6.07) is 10.1. The number of amides is 2. The number of carbonyl (C=O) groups is 2. The SMILES string of the molecule is COC(=O)c1ccccc1NC(=O)N[C@H](C)c1c(-n2cccc2)sc(C)c1C. The summed E-state index contributed by atoms with van der Waals surface area (Å²) < 4.78 is 6.83. The van der Waals surface area contributed by atoms with Crippen LogP contribution in [0.1, 0.15) is 39.3 Å². The zero-order chi connectivity index (χ0) is 20.3. The Kier molecular flexibility index (Phi) is 5.84. The fraction of sp³-hybridized carbons (Fsp3) is 0.238. The van der Waals surface area contributed by atoms with Gasteiger partial charge in [0, 0.05) is 22.8 Å². The van der Waals surface area contributed by atoms with Crippen LogP contribution >= 0.6 is 11.3 Å². The van der Waals surface area contributed by atoms with Gasteiger partial charge in [0.1, 0.15) is 5.00 Å². The van der Waals surface area contributed by atoms with Crippen molar-refractivity contribution in [1.82, 2.24) is 9.88 Å². The molecule has 2 aromatic heterocycles. The highest BCUT2D eigenvalue weighted by Gasteiger charge is 2.21. The van der Waals surface area contributed by atoms with Crippen molar-refractivity contribution in [2.75, 3.05) is 12.4 Å². The molecule has 3 rings (SSSR count). The zero-order valence-corrected chi connectivity index (χ0v) is 17.1. The Morgan fingerprint density at radius 3 is 2.46 bits per heavy atom. The second-order valence-corrected chi connectivity index (χ2v) is 7.65. The minimum atomic E-state index is -0.497. The van der Waals surface area contributed by atoms with Crippen LogP contribution in [-0.2, 0) is 4.74 Å². The number of hydrogen-bond donors (Lipinski definition) is 2. The van der Waals surface area contributed by atoms with Gasteiger partial charge < -0.3 is 19.9 Å². The smallest absolute Gasteiger partial charge is 0.339 e. The number of carbonyl (C=O) groups excluding carboxylic acids is 2. The van der Waals surface area contributed by atoms with Crippen LogP contribution in [0.2, 0.25) is 0 Å². The Labute approximate surface area is 168 Å². The largest absolute Gasteiger partial charge is 0.465 e. The number of nitrogens with one attached hydrogen (secondary N) is 2. The molecule has 0 aliphatic heterocycles. The Hall–Kier alpha value is -3.06. The molecule has 0 saturated carbocycles. The van der Waals surface area contributed by atoms with E-state index in [2.05, 4.69) is 29.0 Å². The summed E-state index contributed by atoms with van der Waals surface area (Å²) in [6.45, 7) is 6.10. The Bertz CT molecular complexity index is 993. The first-order valence-corrected chi connectivity index (χ1v) is 9.72. The third-order valence-electron chi connectivity index (χ3n) is 4.61. The molecule has 0 radical (unpaired) electrons. The van der Waals surface area contributed by atoms with E-state index >= 15 is 0 Å². The first-order valence-electron chi connectivity index (χ1n) is 8.90. The van der Waals surface area contributed by atoms with Crippen LogP contribution in [0.15, 0.2) is 48.8 Å². The first-order chi connectivity index (χ1) is 13.4. The van der Waals surface area contributed by atoms with Gasteiger partial charge in [-0.05, 0) is 50.6 Å². The molecule has 3 aromatic rings. The molecule has 2 N–H and O–H groups in total. The molecule has 0 unspecified atom stereocenters. The highest BCUT2D eigenvalue weighted by atomic mass is 32.1. The Morgan fingerprint density at radius 1 is 1.11 bits per heavy atom. The number of urea groups is 1. The summed E-state index contributed by atoms with van der Waals surface area (Å²) in [5.74, 6) is -0.497. The van der Waals surface area contributed by atoms with Crippen molar-refractivity contribution >= 4 is 29.0 Å². The molecule has 0 spiro atoms. The molecular formula is C21H23N3O3S. The van der Waals surface area contributed by atoms with Gasteiger partial charge in [-0.2, -0.15) is 0 Å². The van der Waals surface area contributed by atoms with E-state index in [4.69, 9.17) is 4.74 Å². The number of methoxy groups -OCH3 is 1. The summed E-state index contributed by atoms with van der Waals surface area (Å²) in [4.78, 5) is 25.7. The molecule has 0 aliphatic carbocycles. The minimum absolute atomic E-state index is 0.215. The quantitative estimate of drug-likeness (QED) is 0.606. The van der Waals surface area contributed by atoms with Gasteiger partial charge in [-0.1, -0.05) is 12.1 Å². The monoisotopic (exact) mass is 397 g/mol. The van der Waals surface area contributed by atoms with Gasteiger partial charge in [-0.3, -0.25) is 0 Å². The van der Waals surface area contributed by atoms with E-state index in [1.54, 1.807) is 35.6 Å². The summed E-state index contributed by atoms with van der Waals surface area (Å²) in [7, 11) is 1.31. The molecule has 0 fully saturated rings. The number of para-hydroxylation sites is 1. The van der Waals surface area contributed by atoms with Crippen molar-refractivity contribution in [3.05, 3.63) is 70.4 Å². The Balaban J connectivity index is 1.81. The average molecular weight is 398 g/mol. The normalized spacial score (nSPS) is 11.7. The van der Waals surface area contributed by atoms with Crippen molar-refractivity contribution in [2.24, 2.45) is 0 Å². The lowest BCUT2D eigenvalue weighted by Gasteiger charge is -2.18. The predicted octanol–water partition coefficient (Wildman–Crippen LogP) is 4.82. The Morgan fingerprint density at radius 2 is 1.79 bits per heavy atom. The van der Waals surface area contributed by atoms with E-state index in [-0.39, 0.29) is 12.1 Å². The lowest BCUT2D eigenvalue weighted by Crippen LogP contribution is -2.32. The zero-order valence-electron chi connectivity index (χ0n) is 16.3. The van der Waals surface area contributed by atoms with Crippen LogP contribution in [0, 0.1) is 13.8 Å². The molecule has 0 saturated heterocycles. The van der Waals surface area contributed by atoms with Gasteiger partial charge >= 0.3 is 12.0 Å². The van der Waals surface area contributed by atoms with Crippen molar-refractivity contribution in [1.29, 1.82) is 0 Å². The molecule has 146 valence electrons. The molecule has 1 atom stereocenters. The van der Waals surface area contributed by atoms with Crippen LogP contribution in [-0.4, -0.2) is 23.7 Å². The molecular weight excluding hydrogens is 374 g/mol. The average Bonchev–Trinajstić information content (AvgIpc) is 3.30. The number of thiophene rings is 1. The maximum Gasteiger partial charge on any atom is 0.339 e. The van der Waals surface area contributed by atoms with Gasteiger partial charge in [-0.15, -0.1) is 11.3 Å². The van der Waals surface area contributed by atoms with Crippen LogP contribution in [0.3, 0.4) is 0 Å². The van der Waals surface area contributed by atoms with E-state index in [1.165, 1.54) is 12.0 Å². The third kappa shape index (κ3) is 3.94. The maximum absolute atomic E-state index is 12.6. The van der Waals surface area contributed by atoms with Gasteiger partial charge in [-0.25, -0.2) is 9.59 Å². The number of nitrogens with zero attached hydrogens (tertiary/aromatic N) is 1. The van der Waals surface area contributed by atoms with Crippen LogP contribution < -0.4 is 10.6 Å². The maximum atomic E-state index is 12.6. The summed E-state index contributed by atoms with van der Waals surface area (Å²) in [5.41, 5.74) is 2.96. The fourth-order valence-corrected chi connectivity index (χ4v) is 4.33. The predicted molar refractivity (Wildman–Crippen MR) is 111 cm³/mol. The first kappa shape index (κ1) is 19.7. The topological polar surface area (TPSA) is 72.4 Å². The highest BCUT2D eigenvalue weighted by Crippen LogP contribution is 2.35. The number of ether oxygens (including phenoxy) is 1. The molecule has 0 bridgehead atoms. The molecule has 2 heterocycles. The van der Waals surface area contributed by atoms with Crippen LogP contribution in [0.25, 0.3) is 5.00 Å². The number of esters is 1. The highest BCUT2D eigenvalue weighted by molar-refractivity contribution is 7.14. The van der Waals surface area contributed by atoms with Crippen LogP contribution in [0.4, 0.5) is 10.5 Å². The van der Waals surface area contributed by atoms with Gasteiger partial charge in [0.15, 0.2) is 0 Å². The molecule has 2 amide bonds. The van der Waals surface area contributed by atoms with Gasteiger partial charge in [0.25, 0.3) is 0 Å². The molecule has 6 nitrogen and oxygen atoms in total. The number of anilines is 1. The minimum Gasteiger partial charge on any atom is -0.465 e. The summed E-state index contributed by atoms with van der Waals surface area (Å²) >= 11 is 1.70. The van der Waals surface area contributed by atoms with E-state index < -0.39 is 5.97 Å². The number of benzene rings is 1. The molecule has 28 heavy (non-hydrogen) atoms. The van der Waals surface area contributed by atoms with E-state index in [9.17, 15) is 9.59 Å². The summed E-state index contributed by atoms with van der Waals surface area (Å²) in [6.07, 6.45) is 3.99. The van der Waals surface area contributed by atoms with Gasteiger partial charge in [0.2, 0.25) is 0 Å². The van der Waals surface area contributed by atoms with Crippen molar-refractivity contribution in [2.45, 2.75) is 26.8 Å². The number of rotatable bonds is 5. The van der Waals surface area contributed by atoms with E-state index in [0.29, 0.717) is 11.3 Å². The van der Waals surface area contributed by atoms with Crippen molar-refractivity contribution in [3.63, 3.8) is 0 Å². The number of aryl methyl sites for hydroxylation is 1. The second kappa shape index (κ2) is 8.31. The van der Waals surface area contributed by atoms with E-state index in [1.807, 2.05) is 31.5 Å². The van der Waals surface area contributed by atoms with Crippen molar-refractivity contribution in [3.8, 4) is 5.00 Å². The number of aromatic nitrogens is 1. The molecule has 0 aliphatic rings. The lowest BCUT2D eigenvalue weighted by molar-refractivity contribution is 0.0602.